The summed E-state index contributed by atoms with van der Waals surface area (Å²) in [6.07, 6.45) is 1.32. The van der Waals surface area contributed by atoms with Gasteiger partial charge in [0.25, 0.3) is 0 Å². The summed E-state index contributed by atoms with van der Waals surface area (Å²) >= 11 is 0. The summed E-state index contributed by atoms with van der Waals surface area (Å²) in [5.41, 5.74) is 6.24. The van der Waals surface area contributed by atoms with Crippen molar-refractivity contribution in [2.24, 2.45) is 5.73 Å². The zero-order valence-electron chi connectivity index (χ0n) is 13.7. The topological polar surface area (TPSA) is 102 Å². The molecule has 0 spiro atoms. The highest BCUT2D eigenvalue weighted by atomic mass is 16.5. The second-order valence-corrected chi connectivity index (χ2v) is 5.77. The van der Waals surface area contributed by atoms with Crippen LogP contribution in [0.1, 0.15) is 25.3 Å². The van der Waals surface area contributed by atoms with Crippen molar-refractivity contribution in [3.05, 3.63) is 35.9 Å². The zero-order chi connectivity index (χ0) is 17.5. The molecule has 1 aromatic carbocycles. The van der Waals surface area contributed by atoms with Gasteiger partial charge in [0.2, 0.25) is 11.8 Å². The van der Waals surface area contributed by atoms with E-state index in [1.165, 1.54) is 4.90 Å². The van der Waals surface area contributed by atoms with Crippen LogP contribution in [0, 0.1) is 0 Å². The van der Waals surface area contributed by atoms with Gasteiger partial charge in [-0.3, -0.25) is 9.59 Å². The molecule has 1 aromatic rings. The van der Waals surface area contributed by atoms with Crippen LogP contribution in [-0.2, 0) is 25.7 Å². The standard InChI is InChI=1S/C17H23N3O4/c1-12(17(23)24-11-13-6-3-2-4-7-13)19-16(22)14-8-5-9-20(14)15(21)10-18/h2-4,6-7,12,14H,5,8-11,18H2,1H3,(H,19,22)/t12-,14-/m0/s1. The van der Waals surface area contributed by atoms with Crippen molar-refractivity contribution in [1.29, 1.82) is 0 Å². The van der Waals surface area contributed by atoms with Crippen molar-refractivity contribution in [2.75, 3.05) is 13.1 Å². The van der Waals surface area contributed by atoms with Gasteiger partial charge < -0.3 is 20.7 Å². The van der Waals surface area contributed by atoms with Crippen LogP contribution in [0.5, 0.6) is 0 Å². The number of hydrogen-bond donors (Lipinski definition) is 2. The van der Waals surface area contributed by atoms with E-state index in [-0.39, 0.29) is 25.0 Å². The van der Waals surface area contributed by atoms with E-state index in [0.717, 1.165) is 12.0 Å². The molecule has 0 bridgehead atoms. The monoisotopic (exact) mass is 333 g/mol. The molecule has 0 saturated carbocycles. The number of nitrogens with two attached hydrogens (primary N) is 1. The van der Waals surface area contributed by atoms with E-state index in [1.807, 2.05) is 30.3 Å². The van der Waals surface area contributed by atoms with Crippen LogP contribution in [0.4, 0.5) is 0 Å². The van der Waals surface area contributed by atoms with Gasteiger partial charge in [-0.15, -0.1) is 0 Å². The molecule has 7 nitrogen and oxygen atoms in total. The van der Waals surface area contributed by atoms with Crippen molar-refractivity contribution in [3.63, 3.8) is 0 Å². The van der Waals surface area contributed by atoms with Crippen LogP contribution in [-0.4, -0.2) is 47.9 Å². The number of esters is 1. The van der Waals surface area contributed by atoms with Crippen molar-refractivity contribution >= 4 is 17.8 Å². The molecule has 7 heteroatoms. The fourth-order valence-electron chi connectivity index (χ4n) is 2.68. The van der Waals surface area contributed by atoms with Crippen LogP contribution in [0.3, 0.4) is 0 Å². The average Bonchev–Trinajstić information content (AvgIpc) is 3.09. The maximum absolute atomic E-state index is 12.3. The number of benzene rings is 1. The van der Waals surface area contributed by atoms with E-state index in [0.29, 0.717) is 13.0 Å². The molecule has 24 heavy (non-hydrogen) atoms. The lowest BCUT2D eigenvalue weighted by Crippen LogP contribution is -2.51. The lowest BCUT2D eigenvalue weighted by molar-refractivity contribution is -0.149. The number of ether oxygens (including phenoxy) is 1. The smallest absolute Gasteiger partial charge is 0.328 e. The maximum atomic E-state index is 12.3. The molecule has 1 aliphatic rings. The lowest BCUT2D eigenvalue weighted by Gasteiger charge is -2.24. The minimum Gasteiger partial charge on any atom is -0.459 e. The SMILES string of the molecule is C[C@H](NC(=O)[C@@H]1CCCN1C(=O)CN)C(=O)OCc1ccccc1. The van der Waals surface area contributed by atoms with Gasteiger partial charge >= 0.3 is 5.97 Å². The summed E-state index contributed by atoms with van der Waals surface area (Å²) in [5, 5.41) is 2.62. The summed E-state index contributed by atoms with van der Waals surface area (Å²) in [6.45, 7) is 2.11. The highest BCUT2D eigenvalue weighted by Crippen LogP contribution is 2.17. The summed E-state index contributed by atoms with van der Waals surface area (Å²) in [7, 11) is 0. The molecular weight excluding hydrogens is 310 g/mol. The molecular formula is C17H23N3O4. The second kappa shape index (κ2) is 8.44. The Morgan fingerprint density at radius 2 is 2.04 bits per heavy atom. The Bertz CT molecular complexity index is 591. The zero-order valence-corrected chi connectivity index (χ0v) is 13.7. The van der Waals surface area contributed by atoms with Crippen LogP contribution in [0.15, 0.2) is 30.3 Å². The predicted molar refractivity (Wildman–Crippen MR) is 87.6 cm³/mol. The third kappa shape index (κ3) is 4.55. The van der Waals surface area contributed by atoms with Gasteiger partial charge in [0.15, 0.2) is 0 Å². The number of nitrogens with zero attached hydrogens (tertiary/aromatic N) is 1. The highest BCUT2D eigenvalue weighted by molar-refractivity contribution is 5.91. The fourth-order valence-corrected chi connectivity index (χ4v) is 2.68. The lowest BCUT2D eigenvalue weighted by atomic mass is 10.2. The Hall–Kier alpha value is -2.41. The Labute approximate surface area is 141 Å². The summed E-state index contributed by atoms with van der Waals surface area (Å²) in [4.78, 5) is 37.5. The quantitative estimate of drug-likeness (QED) is 0.723. The Morgan fingerprint density at radius 3 is 2.71 bits per heavy atom. The van der Waals surface area contributed by atoms with Crippen molar-refractivity contribution in [2.45, 2.75) is 38.5 Å². The molecule has 1 heterocycles. The first-order chi connectivity index (χ1) is 11.5. The Morgan fingerprint density at radius 1 is 1.33 bits per heavy atom. The fraction of sp³-hybridized carbons (Fsp3) is 0.471. The largest absolute Gasteiger partial charge is 0.459 e. The summed E-state index contributed by atoms with van der Waals surface area (Å²) < 4.78 is 5.19. The van der Waals surface area contributed by atoms with Gasteiger partial charge in [0.1, 0.15) is 18.7 Å². The first-order valence-electron chi connectivity index (χ1n) is 8.03. The molecule has 3 N–H and O–H groups in total. The molecule has 2 atom stereocenters. The molecule has 1 aliphatic heterocycles. The molecule has 0 aromatic heterocycles. The molecule has 2 rings (SSSR count). The maximum Gasteiger partial charge on any atom is 0.328 e. The molecule has 1 fully saturated rings. The molecule has 2 amide bonds. The summed E-state index contributed by atoms with van der Waals surface area (Å²) in [6, 6.07) is 7.96. The van der Waals surface area contributed by atoms with Crippen LogP contribution < -0.4 is 11.1 Å². The van der Waals surface area contributed by atoms with Crippen molar-refractivity contribution in [3.8, 4) is 0 Å². The average molecular weight is 333 g/mol. The Kier molecular flexibility index (Phi) is 6.31. The number of likely N-dealkylation sites (tertiary alicyclic amines) is 1. The number of amides is 2. The first kappa shape index (κ1) is 17.9. The van der Waals surface area contributed by atoms with Crippen molar-refractivity contribution < 1.29 is 19.1 Å². The number of nitrogens with one attached hydrogen (secondary N) is 1. The third-order valence-electron chi connectivity index (χ3n) is 3.99. The minimum absolute atomic E-state index is 0.127. The second-order valence-electron chi connectivity index (χ2n) is 5.77. The predicted octanol–water partition coefficient (Wildman–Crippen LogP) is 0.184. The first-order valence-corrected chi connectivity index (χ1v) is 8.03. The Balaban J connectivity index is 1.84. The van der Waals surface area contributed by atoms with Gasteiger partial charge in [0, 0.05) is 6.54 Å². The number of rotatable bonds is 6. The minimum atomic E-state index is -0.781. The van der Waals surface area contributed by atoms with E-state index < -0.39 is 18.1 Å². The van der Waals surface area contributed by atoms with Crippen LogP contribution in [0.25, 0.3) is 0 Å². The molecule has 0 aliphatic carbocycles. The third-order valence-corrected chi connectivity index (χ3v) is 3.99. The molecule has 130 valence electrons. The van der Waals surface area contributed by atoms with Gasteiger partial charge in [-0.05, 0) is 25.3 Å². The van der Waals surface area contributed by atoms with Gasteiger partial charge in [-0.25, -0.2) is 4.79 Å². The van der Waals surface area contributed by atoms with E-state index in [2.05, 4.69) is 5.32 Å². The summed E-state index contributed by atoms with van der Waals surface area (Å²) in [5.74, 6) is -1.12. The van der Waals surface area contributed by atoms with Crippen LogP contribution >= 0.6 is 0 Å². The highest BCUT2D eigenvalue weighted by Gasteiger charge is 2.34. The van der Waals surface area contributed by atoms with E-state index in [4.69, 9.17) is 10.5 Å². The van der Waals surface area contributed by atoms with E-state index >= 15 is 0 Å². The van der Waals surface area contributed by atoms with Gasteiger partial charge in [-0.1, -0.05) is 30.3 Å². The number of carbonyl (C=O) groups is 3. The van der Waals surface area contributed by atoms with Gasteiger partial charge in [-0.2, -0.15) is 0 Å². The molecule has 0 unspecified atom stereocenters. The van der Waals surface area contributed by atoms with Gasteiger partial charge in [0.05, 0.1) is 6.54 Å². The van der Waals surface area contributed by atoms with E-state index in [1.54, 1.807) is 6.92 Å². The van der Waals surface area contributed by atoms with Crippen LogP contribution in [0.2, 0.25) is 0 Å². The van der Waals surface area contributed by atoms with Crippen molar-refractivity contribution in [1.82, 2.24) is 10.2 Å². The number of carbonyl (C=O) groups excluding carboxylic acids is 3. The molecule has 1 saturated heterocycles. The normalized spacial score (nSPS) is 18.1. The molecule has 0 radical (unpaired) electrons. The number of hydrogen-bond acceptors (Lipinski definition) is 5. The van der Waals surface area contributed by atoms with E-state index in [9.17, 15) is 14.4 Å².